The van der Waals surface area contributed by atoms with Crippen LogP contribution in [0, 0.1) is 6.92 Å². The summed E-state index contributed by atoms with van der Waals surface area (Å²) in [5.41, 5.74) is -0.661. The molecule has 0 bridgehead atoms. The van der Waals surface area contributed by atoms with Gasteiger partial charge in [0.25, 0.3) is 5.56 Å². The molecule has 1 N–H and O–H groups in total. The van der Waals surface area contributed by atoms with Crippen molar-refractivity contribution in [3.05, 3.63) is 68.7 Å². The smallest absolute Gasteiger partial charge is 0.332 e. The Labute approximate surface area is 229 Å². The topological polar surface area (TPSA) is 118 Å². The molecule has 1 aliphatic heterocycles. The van der Waals surface area contributed by atoms with Gasteiger partial charge in [-0.1, -0.05) is 18.2 Å². The maximum atomic E-state index is 14.1. The first-order valence-corrected chi connectivity index (χ1v) is 13.7. The highest BCUT2D eigenvalue weighted by atomic mass is 32.1. The molecule has 39 heavy (non-hydrogen) atoms. The number of aromatic nitrogens is 3. The average Bonchev–Trinajstić information content (AvgIpc) is 3.59. The van der Waals surface area contributed by atoms with E-state index < -0.39 is 29.5 Å². The Hall–Kier alpha value is -3.25. The molecule has 4 aromatic rings. The van der Waals surface area contributed by atoms with Crippen LogP contribution in [-0.4, -0.2) is 52.3 Å². The fourth-order valence-electron chi connectivity index (χ4n) is 5.01. The highest BCUT2D eigenvalue weighted by Gasteiger charge is 2.31. The number of hydrogen-bond donors (Lipinski definition) is 1. The zero-order chi connectivity index (χ0) is 27.7. The molecular weight excluding hydrogens is 522 g/mol. The third kappa shape index (κ3) is 5.07. The van der Waals surface area contributed by atoms with Crippen molar-refractivity contribution in [2.24, 2.45) is 0 Å². The molecule has 208 valence electrons. The molecule has 1 aromatic carbocycles. The summed E-state index contributed by atoms with van der Waals surface area (Å²) < 4.78 is 26.1. The van der Waals surface area contributed by atoms with Gasteiger partial charge in [-0.2, -0.15) is 0 Å². The molecule has 0 saturated carbocycles. The molecule has 5 rings (SSSR count). The number of oxazole rings is 1. The minimum absolute atomic E-state index is 0.0624. The van der Waals surface area contributed by atoms with E-state index in [2.05, 4.69) is 4.98 Å². The van der Waals surface area contributed by atoms with Crippen LogP contribution in [0.4, 0.5) is 0 Å². The second-order valence-electron chi connectivity index (χ2n) is 10.3. The van der Waals surface area contributed by atoms with Crippen LogP contribution in [0.15, 0.2) is 50.7 Å². The van der Waals surface area contributed by atoms with E-state index in [0.717, 1.165) is 23.0 Å². The van der Waals surface area contributed by atoms with Crippen molar-refractivity contribution in [1.29, 1.82) is 0 Å². The second kappa shape index (κ2) is 11.1. The summed E-state index contributed by atoms with van der Waals surface area (Å²) >= 11 is 1.28. The Kier molecular flexibility index (Phi) is 7.77. The molecule has 4 heterocycles. The van der Waals surface area contributed by atoms with Gasteiger partial charge < -0.3 is 23.7 Å². The molecule has 0 aliphatic carbocycles. The summed E-state index contributed by atoms with van der Waals surface area (Å²) in [6.07, 6.45) is 3.87. The lowest BCUT2D eigenvalue weighted by atomic mass is 10.1. The van der Waals surface area contributed by atoms with Gasteiger partial charge in [0.15, 0.2) is 0 Å². The number of benzene rings is 1. The quantitative estimate of drug-likeness (QED) is 0.331. The van der Waals surface area contributed by atoms with Gasteiger partial charge in [0.2, 0.25) is 5.89 Å². The lowest BCUT2D eigenvalue weighted by Gasteiger charge is -2.30. The number of rotatable bonds is 9. The minimum Gasteiger partial charge on any atom is -0.496 e. The number of methoxy groups -OCH3 is 1. The lowest BCUT2D eigenvalue weighted by Crippen LogP contribution is -2.51. The van der Waals surface area contributed by atoms with Gasteiger partial charge in [0.1, 0.15) is 22.9 Å². The van der Waals surface area contributed by atoms with Crippen LogP contribution in [0.2, 0.25) is 0 Å². The van der Waals surface area contributed by atoms with Crippen LogP contribution < -0.4 is 16.0 Å². The zero-order valence-corrected chi connectivity index (χ0v) is 23.3. The molecule has 1 saturated heterocycles. The van der Waals surface area contributed by atoms with Crippen LogP contribution >= 0.6 is 11.3 Å². The Morgan fingerprint density at radius 1 is 1.23 bits per heavy atom. The fourth-order valence-corrected chi connectivity index (χ4v) is 6.25. The van der Waals surface area contributed by atoms with Crippen LogP contribution in [0.5, 0.6) is 5.75 Å². The summed E-state index contributed by atoms with van der Waals surface area (Å²) in [6.45, 7) is 6.09. The summed E-state index contributed by atoms with van der Waals surface area (Å²) in [6, 6.07) is 7.58. The largest absolute Gasteiger partial charge is 0.496 e. The maximum absolute atomic E-state index is 14.1. The van der Waals surface area contributed by atoms with Crippen LogP contribution in [0.25, 0.3) is 21.0 Å². The maximum Gasteiger partial charge on any atom is 0.332 e. The van der Waals surface area contributed by atoms with Crippen LogP contribution in [0.1, 0.15) is 43.9 Å². The van der Waals surface area contributed by atoms with E-state index in [1.54, 1.807) is 31.7 Å². The highest BCUT2D eigenvalue weighted by molar-refractivity contribution is 7.22. The minimum atomic E-state index is -1.14. The second-order valence-corrected chi connectivity index (χ2v) is 11.3. The summed E-state index contributed by atoms with van der Waals surface area (Å²) in [5.74, 6) is 1.02. The Morgan fingerprint density at radius 2 is 1.97 bits per heavy atom. The van der Waals surface area contributed by atoms with Gasteiger partial charge >= 0.3 is 5.69 Å². The van der Waals surface area contributed by atoms with Crippen molar-refractivity contribution in [3.63, 3.8) is 0 Å². The van der Waals surface area contributed by atoms with E-state index in [-0.39, 0.29) is 12.6 Å². The van der Waals surface area contributed by atoms with E-state index in [1.165, 1.54) is 17.6 Å². The molecule has 10 nitrogen and oxygen atoms in total. The van der Waals surface area contributed by atoms with E-state index in [9.17, 15) is 14.7 Å². The molecule has 11 heteroatoms. The molecule has 1 fully saturated rings. The molecule has 3 aromatic heterocycles. The normalized spacial score (nSPS) is 15.6. The molecule has 0 radical (unpaired) electrons. The Balaban J connectivity index is 1.74. The van der Waals surface area contributed by atoms with E-state index in [0.29, 0.717) is 45.5 Å². The van der Waals surface area contributed by atoms with Crippen molar-refractivity contribution in [1.82, 2.24) is 14.1 Å². The molecule has 0 spiro atoms. The average molecular weight is 556 g/mol. The van der Waals surface area contributed by atoms with Crippen molar-refractivity contribution in [2.45, 2.75) is 57.9 Å². The Bertz CT molecular complexity index is 1560. The van der Waals surface area contributed by atoms with Crippen molar-refractivity contribution in [3.8, 4) is 16.5 Å². The summed E-state index contributed by atoms with van der Waals surface area (Å²) in [7, 11) is 1.60. The number of fused-ring (bicyclic) bond motifs is 1. The number of thiophene rings is 1. The molecule has 0 amide bonds. The number of ether oxygens (including phenoxy) is 3. The van der Waals surface area contributed by atoms with Gasteiger partial charge in [-0.15, -0.1) is 11.3 Å². The van der Waals surface area contributed by atoms with Crippen molar-refractivity contribution in [2.75, 3.05) is 26.9 Å². The number of aliphatic hydroxyl groups is 1. The number of aliphatic hydroxyl groups excluding tert-OH is 1. The van der Waals surface area contributed by atoms with E-state index in [1.807, 2.05) is 31.2 Å². The van der Waals surface area contributed by atoms with Gasteiger partial charge in [-0.05, 0) is 45.2 Å². The molecular formula is C28H33N3O7S. The van der Waals surface area contributed by atoms with Crippen LogP contribution in [0.3, 0.4) is 0 Å². The zero-order valence-electron chi connectivity index (χ0n) is 22.5. The predicted octanol–water partition coefficient (Wildman–Crippen LogP) is 3.86. The number of hydrogen-bond acceptors (Lipinski definition) is 9. The Morgan fingerprint density at radius 3 is 2.64 bits per heavy atom. The third-order valence-electron chi connectivity index (χ3n) is 7.19. The van der Waals surface area contributed by atoms with Crippen LogP contribution in [-0.2, 0) is 21.6 Å². The van der Waals surface area contributed by atoms with Gasteiger partial charge in [0.05, 0.1) is 48.4 Å². The molecule has 0 unspecified atom stereocenters. The summed E-state index contributed by atoms with van der Waals surface area (Å²) in [5, 5.41) is 10.5. The fraction of sp³-hybridized carbons (Fsp3) is 0.464. The molecule has 1 aliphatic rings. The van der Waals surface area contributed by atoms with Crippen molar-refractivity contribution >= 4 is 21.6 Å². The predicted molar refractivity (Wildman–Crippen MR) is 148 cm³/mol. The van der Waals surface area contributed by atoms with Gasteiger partial charge in [-0.3, -0.25) is 13.9 Å². The third-order valence-corrected chi connectivity index (χ3v) is 8.49. The standard InChI is InChI=1S/C28H33N3O7S/c1-17-22-25(33)31(28(2,3)16-32)27(34)30(26(22)39-23(17)24-29-11-14-37-24)15-21(38-18-9-12-36-13-10-18)19-7-5-6-8-20(19)35-4/h5-8,11,14,18,21,32H,9-10,12-13,15-16H2,1-4H3/t21-/m1/s1. The first-order chi connectivity index (χ1) is 18.8. The number of para-hydroxylation sites is 1. The van der Waals surface area contributed by atoms with Gasteiger partial charge in [-0.25, -0.2) is 9.78 Å². The summed E-state index contributed by atoms with van der Waals surface area (Å²) in [4.78, 5) is 33.4. The van der Waals surface area contributed by atoms with Crippen molar-refractivity contribution < 1.29 is 23.7 Å². The monoisotopic (exact) mass is 555 g/mol. The highest BCUT2D eigenvalue weighted by Crippen LogP contribution is 2.37. The van der Waals surface area contributed by atoms with E-state index in [4.69, 9.17) is 18.6 Å². The van der Waals surface area contributed by atoms with E-state index >= 15 is 0 Å². The first-order valence-electron chi connectivity index (χ1n) is 12.9. The SMILES string of the molecule is COc1ccccc1[C@@H](Cn1c(=O)n(C(C)(C)CO)c(=O)c2c(C)c(-c3ncco3)sc21)OC1CCOCC1. The van der Waals surface area contributed by atoms with Gasteiger partial charge in [0, 0.05) is 18.8 Å². The molecule has 1 atom stereocenters. The first kappa shape index (κ1) is 27.3. The number of nitrogens with zero attached hydrogens (tertiary/aromatic N) is 3. The number of aryl methyl sites for hydroxylation is 1. The lowest BCUT2D eigenvalue weighted by molar-refractivity contribution is -0.0754.